The molecule has 1 aromatic heterocycles. The second-order valence-corrected chi connectivity index (χ2v) is 8.64. The van der Waals surface area contributed by atoms with Gasteiger partial charge in [-0.3, -0.25) is 4.57 Å². The van der Waals surface area contributed by atoms with E-state index in [-0.39, 0.29) is 12.1 Å². The number of likely N-dealkylation sites (N-methyl/N-ethyl adjacent to an activating group) is 1. The first-order valence-corrected chi connectivity index (χ1v) is 11.3. The summed E-state index contributed by atoms with van der Waals surface area (Å²) >= 11 is 0. The molecule has 0 atom stereocenters. The number of rotatable bonds is 8. The minimum absolute atomic E-state index is 0.0318. The van der Waals surface area contributed by atoms with E-state index >= 15 is 0 Å². The van der Waals surface area contributed by atoms with Crippen molar-refractivity contribution in [2.24, 2.45) is 0 Å². The van der Waals surface area contributed by atoms with Crippen molar-refractivity contribution in [2.75, 3.05) is 40.8 Å². The predicted molar refractivity (Wildman–Crippen MR) is 124 cm³/mol. The molecule has 0 unspecified atom stereocenters. The molecule has 6 heteroatoms. The van der Waals surface area contributed by atoms with Crippen LogP contribution in [0.5, 0.6) is 5.75 Å². The van der Waals surface area contributed by atoms with Gasteiger partial charge in [-0.25, -0.2) is 4.79 Å². The summed E-state index contributed by atoms with van der Waals surface area (Å²) in [5.74, 6) is 0.772. The fourth-order valence-corrected chi connectivity index (χ4v) is 4.68. The lowest BCUT2D eigenvalue weighted by Gasteiger charge is -2.36. The SMILES string of the molecule is CCN(CC)C1CCC(NC(=O)n2cc(CCN(C)C)c3ccc(OC)cc32)CC1. The summed E-state index contributed by atoms with van der Waals surface area (Å²) in [6, 6.07) is 6.87. The maximum absolute atomic E-state index is 13.2. The van der Waals surface area contributed by atoms with Crippen molar-refractivity contribution >= 4 is 16.9 Å². The summed E-state index contributed by atoms with van der Waals surface area (Å²) in [5.41, 5.74) is 2.11. The Morgan fingerprint density at radius 2 is 1.87 bits per heavy atom. The standard InChI is InChI=1S/C24H38N4O2/c1-6-27(7-2)20-10-8-19(9-11-20)25-24(29)28-17-18(14-15-26(3)4)22-13-12-21(30-5)16-23(22)28/h12-13,16-17,19-20H,6-11,14-15H2,1-5H3,(H,25,29). The summed E-state index contributed by atoms with van der Waals surface area (Å²) in [4.78, 5) is 17.9. The van der Waals surface area contributed by atoms with Crippen LogP contribution in [0.15, 0.2) is 24.4 Å². The zero-order valence-electron chi connectivity index (χ0n) is 19.3. The molecule has 1 saturated carbocycles. The first-order chi connectivity index (χ1) is 14.5. The highest BCUT2D eigenvalue weighted by molar-refractivity contribution is 5.94. The number of hydrogen-bond acceptors (Lipinski definition) is 4. The van der Waals surface area contributed by atoms with Crippen molar-refractivity contribution in [1.82, 2.24) is 19.7 Å². The average Bonchev–Trinajstić information content (AvgIpc) is 3.12. The van der Waals surface area contributed by atoms with E-state index in [1.165, 1.54) is 5.56 Å². The lowest BCUT2D eigenvalue weighted by atomic mass is 9.90. The molecule has 1 heterocycles. The maximum Gasteiger partial charge on any atom is 0.326 e. The van der Waals surface area contributed by atoms with Gasteiger partial charge in [0.25, 0.3) is 0 Å². The van der Waals surface area contributed by atoms with Crippen molar-refractivity contribution in [1.29, 1.82) is 0 Å². The van der Waals surface area contributed by atoms with Gasteiger partial charge in [0.1, 0.15) is 5.75 Å². The quantitative estimate of drug-likeness (QED) is 0.710. The number of aromatic nitrogens is 1. The van der Waals surface area contributed by atoms with E-state index in [1.807, 2.05) is 18.3 Å². The third-order valence-corrected chi connectivity index (χ3v) is 6.50. The van der Waals surface area contributed by atoms with Crippen molar-refractivity contribution in [3.8, 4) is 5.75 Å². The Morgan fingerprint density at radius 3 is 2.47 bits per heavy atom. The van der Waals surface area contributed by atoms with Gasteiger partial charge in [-0.15, -0.1) is 0 Å². The number of methoxy groups -OCH3 is 1. The Hall–Kier alpha value is -2.05. The second kappa shape index (κ2) is 10.3. The predicted octanol–water partition coefficient (Wildman–Crippen LogP) is 3.96. The molecule has 3 rings (SSSR count). The Kier molecular flexibility index (Phi) is 7.78. The molecule has 0 saturated heterocycles. The minimum Gasteiger partial charge on any atom is -0.497 e. The van der Waals surface area contributed by atoms with Crippen LogP contribution in [-0.4, -0.2) is 73.3 Å². The molecule has 1 aliphatic rings. The zero-order valence-corrected chi connectivity index (χ0v) is 19.3. The molecule has 0 aliphatic heterocycles. The van der Waals surface area contributed by atoms with Gasteiger partial charge in [0.2, 0.25) is 0 Å². The highest BCUT2D eigenvalue weighted by Crippen LogP contribution is 2.27. The number of hydrogen-bond donors (Lipinski definition) is 1. The van der Waals surface area contributed by atoms with Gasteiger partial charge in [0, 0.05) is 36.3 Å². The number of amides is 1. The smallest absolute Gasteiger partial charge is 0.326 e. The fourth-order valence-electron chi connectivity index (χ4n) is 4.68. The van der Waals surface area contributed by atoms with E-state index < -0.39 is 0 Å². The number of benzene rings is 1. The number of ether oxygens (including phenoxy) is 1. The van der Waals surface area contributed by atoms with Crippen LogP contribution in [0.25, 0.3) is 10.9 Å². The summed E-state index contributed by atoms with van der Waals surface area (Å²) in [6.07, 6.45) is 7.31. The van der Waals surface area contributed by atoms with E-state index in [2.05, 4.69) is 49.1 Å². The lowest BCUT2D eigenvalue weighted by molar-refractivity contribution is 0.157. The van der Waals surface area contributed by atoms with Crippen LogP contribution in [0.3, 0.4) is 0 Å². The molecule has 0 radical (unpaired) electrons. The highest BCUT2D eigenvalue weighted by atomic mass is 16.5. The third kappa shape index (κ3) is 5.16. The van der Waals surface area contributed by atoms with Crippen molar-refractivity contribution in [3.63, 3.8) is 0 Å². The van der Waals surface area contributed by atoms with Crippen molar-refractivity contribution < 1.29 is 9.53 Å². The normalized spacial score (nSPS) is 19.6. The largest absolute Gasteiger partial charge is 0.497 e. The first kappa shape index (κ1) is 22.6. The van der Waals surface area contributed by atoms with Crippen LogP contribution < -0.4 is 10.1 Å². The van der Waals surface area contributed by atoms with Crippen molar-refractivity contribution in [2.45, 2.75) is 58.0 Å². The number of carbonyl (C=O) groups excluding carboxylic acids is 1. The van der Waals surface area contributed by atoms with Gasteiger partial charge < -0.3 is 19.9 Å². The lowest BCUT2D eigenvalue weighted by Crippen LogP contribution is -2.44. The highest BCUT2D eigenvalue weighted by Gasteiger charge is 2.26. The average molecular weight is 415 g/mol. The van der Waals surface area contributed by atoms with Crippen LogP contribution >= 0.6 is 0 Å². The Balaban J connectivity index is 1.74. The van der Waals surface area contributed by atoms with Crippen LogP contribution in [0.4, 0.5) is 4.79 Å². The molecule has 2 aromatic rings. The number of carbonyl (C=O) groups is 1. The molecule has 1 amide bonds. The summed E-state index contributed by atoms with van der Waals surface area (Å²) in [7, 11) is 5.81. The molecule has 30 heavy (non-hydrogen) atoms. The molecular weight excluding hydrogens is 376 g/mol. The molecule has 1 fully saturated rings. The maximum atomic E-state index is 13.2. The van der Waals surface area contributed by atoms with Gasteiger partial charge in [-0.05, 0) is 77.0 Å². The van der Waals surface area contributed by atoms with Crippen LogP contribution in [-0.2, 0) is 6.42 Å². The van der Waals surface area contributed by atoms with Gasteiger partial charge in [-0.2, -0.15) is 0 Å². The van der Waals surface area contributed by atoms with E-state index in [0.717, 1.165) is 68.4 Å². The Bertz CT molecular complexity index is 833. The second-order valence-electron chi connectivity index (χ2n) is 8.64. The van der Waals surface area contributed by atoms with E-state index in [9.17, 15) is 4.79 Å². The van der Waals surface area contributed by atoms with Crippen molar-refractivity contribution in [3.05, 3.63) is 30.0 Å². The Labute approximate surface area is 181 Å². The number of nitrogens with one attached hydrogen (secondary N) is 1. The topological polar surface area (TPSA) is 49.7 Å². The molecule has 1 N–H and O–H groups in total. The van der Waals surface area contributed by atoms with E-state index in [4.69, 9.17) is 4.74 Å². The Morgan fingerprint density at radius 1 is 1.17 bits per heavy atom. The van der Waals surface area contributed by atoms with Gasteiger partial charge in [-0.1, -0.05) is 13.8 Å². The van der Waals surface area contributed by atoms with E-state index in [0.29, 0.717) is 6.04 Å². The summed E-state index contributed by atoms with van der Waals surface area (Å²) < 4.78 is 7.19. The molecule has 166 valence electrons. The molecular formula is C24H38N4O2. The van der Waals surface area contributed by atoms with Crippen LogP contribution in [0.2, 0.25) is 0 Å². The van der Waals surface area contributed by atoms with Crippen LogP contribution in [0.1, 0.15) is 45.1 Å². The number of fused-ring (bicyclic) bond motifs is 1. The molecule has 6 nitrogen and oxygen atoms in total. The summed E-state index contributed by atoms with van der Waals surface area (Å²) in [6.45, 7) is 7.62. The fraction of sp³-hybridized carbons (Fsp3) is 0.625. The monoisotopic (exact) mass is 414 g/mol. The number of nitrogens with zero attached hydrogens (tertiary/aromatic N) is 3. The third-order valence-electron chi connectivity index (χ3n) is 6.50. The van der Waals surface area contributed by atoms with Crippen LogP contribution in [0, 0.1) is 0 Å². The molecule has 0 bridgehead atoms. The zero-order chi connectivity index (χ0) is 21.7. The van der Waals surface area contributed by atoms with Gasteiger partial charge in [0.15, 0.2) is 0 Å². The molecule has 0 spiro atoms. The minimum atomic E-state index is -0.0318. The van der Waals surface area contributed by atoms with E-state index in [1.54, 1.807) is 11.7 Å². The van der Waals surface area contributed by atoms with Gasteiger partial charge in [0.05, 0.1) is 12.6 Å². The summed E-state index contributed by atoms with van der Waals surface area (Å²) in [5, 5.41) is 4.42. The molecule has 1 aliphatic carbocycles. The first-order valence-electron chi connectivity index (χ1n) is 11.3. The van der Waals surface area contributed by atoms with Gasteiger partial charge >= 0.3 is 6.03 Å². The molecule has 1 aromatic carbocycles.